The van der Waals surface area contributed by atoms with E-state index in [1.165, 1.54) is 0 Å². The Morgan fingerprint density at radius 2 is 2.19 bits per heavy atom. The molecule has 9 heteroatoms. The normalized spacial score (nSPS) is 19.3. The molecule has 1 aliphatic rings. The Balaban J connectivity index is 2.16. The minimum Gasteiger partial charge on any atom is -0.368 e. The van der Waals surface area contributed by atoms with Crippen molar-refractivity contribution in [3.05, 3.63) is 23.4 Å². The quantitative estimate of drug-likeness (QED) is 0.883. The molecule has 0 aliphatic carbocycles. The van der Waals surface area contributed by atoms with Gasteiger partial charge in [0.25, 0.3) is 5.91 Å². The number of thioether (sulfide) groups is 2. The van der Waals surface area contributed by atoms with Crippen LogP contribution in [0.3, 0.4) is 0 Å². The second kappa shape index (κ2) is 6.78. The maximum atomic E-state index is 12.7. The van der Waals surface area contributed by atoms with Gasteiger partial charge in [-0.2, -0.15) is 36.7 Å². The number of halogens is 3. The van der Waals surface area contributed by atoms with E-state index in [1.54, 1.807) is 23.5 Å². The summed E-state index contributed by atoms with van der Waals surface area (Å²) in [6.07, 6.45) is -4.55. The molecule has 0 radical (unpaired) electrons. The lowest BCUT2D eigenvalue weighted by Crippen LogP contribution is -2.25. The SMILES string of the molecule is NC(=O)c1ccc(C(F)(F)F)nc1NCC1CSCCS1. The van der Waals surface area contributed by atoms with Gasteiger partial charge in [0.2, 0.25) is 0 Å². The van der Waals surface area contributed by atoms with E-state index in [0.29, 0.717) is 6.54 Å². The van der Waals surface area contributed by atoms with E-state index in [4.69, 9.17) is 5.73 Å². The molecule has 0 spiro atoms. The van der Waals surface area contributed by atoms with E-state index in [1.807, 2.05) is 0 Å². The van der Waals surface area contributed by atoms with E-state index in [-0.39, 0.29) is 16.6 Å². The fraction of sp³-hybridized carbons (Fsp3) is 0.500. The highest BCUT2D eigenvalue weighted by molar-refractivity contribution is 8.06. The molecular weight excluding hydrogens is 323 g/mol. The number of hydrogen-bond acceptors (Lipinski definition) is 5. The largest absolute Gasteiger partial charge is 0.433 e. The standard InChI is InChI=1S/C12H14F3N3OS2/c13-12(14,15)9-2-1-8(10(16)19)11(18-9)17-5-7-6-20-3-4-21-7/h1-2,7H,3-6H2,(H2,16,19)(H,17,18). The molecule has 21 heavy (non-hydrogen) atoms. The monoisotopic (exact) mass is 337 g/mol. The summed E-state index contributed by atoms with van der Waals surface area (Å²) < 4.78 is 38.0. The number of alkyl halides is 3. The molecule has 2 rings (SSSR count). The van der Waals surface area contributed by atoms with Crippen LogP contribution in [0.15, 0.2) is 12.1 Å². The lowest BCUT2D eigenvalue weighted by molar-refractivity contribution is -0.141. The molecule has 4 nitrogen and oxygen atoms in total. The van der Waals surface area contributed by atoms with Crippen LogP contribution >= 0.6 is 23.5 Å². The molecule has 1 amide bonds. The Bertz CT molecular complexity index is 519. The molecule has 3 N–H and O–H groups in total. The number of primary amides is 1. The van der Waals surface area contributed by atoms with Gasteiger partial charge < -0.3 is 11.1 Å². The average Bonchev–Trinajstić information content (AvgIpc) is 2.45. The average molecular weight is 337 g/mol. The number of anilines is 1. The van der Waals surface area contributed by atoms with Crippen LogP contribution < -0.4 is 11.1 Å². The Hall–Kier alpha value is -1.09. The number of nitrogens with zero attached hydrogens (tertiary/aromatic N) is 1. The number of carbonyl (C=O) groups excluding carboxylic acids is 1. The van der Waals surface area contributed by atoms with Crippen LogP contribution in [0.5, 0.6) is 0 Å². The van der Waals surface area contributed by atoms with Crippen LogP contribution in [-0.2, 0) is 6.18 Å². The van der Waals surface area contributed by atoms with Crippen LogP contribution in [0.2, 0.25) is 0 Å². The van der Waals surface area contributed by atoms with Crippen molar-refractivity contribution in [3.63, 3.8) is 0 Å². The molecule has 2 heterocycles. The van der Waals surface area contributed by atoms with E-state index in [0.717, 1.165) is 29.4 Å². The number of amides is 1. The van der Waals surface area contributed by atoms with Crippen LogP contribution in [0, 0.1) is 0 Å². The molecule has 116 valence electrons. The van der Waals surface area contributed by atoms with Crippen molar-refractivity contribution in [2.75, 3.05) is 29.1 Å². The third-order valence-electron chi connectivity index (χ3n) is 2.83. The topological polar surface area (TPSA) is 68.0 Å². The number of aromatic nitrogens is 1. The van der Waals surface area contributed by atoms with E-state index in [9.17, 15) is 18.0 Å². The molecule has 1 aromatic heterocycles. The first kappa shape index (κ1) is 16.3. The molecule has 1 fully saturated rings. The van der Waals surface area contributed by atoms with Crippen LogP contribution in [0.25, 0.3) is 0 Å². The summed E-state index contributed by atoms with van der Waals surface area (Å²) in [6, 6.07) is 1.82. The highest BCUT2D eigenvalue weighted by atomic mass is 32.2. The molecule has 0 aromatic carbocycles. The summed E-state index contributed by atoms with van der Waals surface area (Å²) in [4.78, 5) is 14.8. The van der Waals surface area contributed by atoms with Gasteiger partial charge in [-0.05, 0) is 12.1 Å². The van der Waals surface area contributed by atoms with Gasteiger partial charge in [-0.15, -0.1) is 0 Å². The summed E-state index contributed by atoms with van der Waals surface area (Å²) in [6.45, 7) is 0.451. The van der Waals surface area contributed by atoms with Gasteiger partial charge in [-0.1, -0.05) is 0 Å². The number of pyridine rings is 1. The maximum absolute atomic E-state index is 12.7. The molecule has 1 saturated heterocycles. The first-order chi connectivity index (χ1) is 9.88. The second-order valence-corrected chi connectivity index (χ2v) is 6.96. The zero-order valence-corrected chi connectivity index (χ0v) is 12.6. The number of rotatable bonds is 4. The van der Waals surface area contributed by atoms with Gasteiger partial charge in [0.15, 0.2) is 0 Å². The molecule has 0 saturated carbocycles. The van der Waals surface area contributed by atoms with Crippen molar-refractivity contribution >= 4 is 35.2 Å². The van der Waals surface area contributed by atoms with Gasteiger partial charge in [0, 0.05) is 29.1 Å². The highest BCUT2D eigenvalue weighted by Gasteiger charge is 2.33. The lowest BCUT2D eigenvalue weighted by Gasteiger charge is -2.22. The maximum Gasteiger partial charge on any atom is 0.433 e. The lowest BCUT2D eigenvalue weighted by atomic mass is 10.2. The zero-order chi connectivity index (χ0) is 15.5. The van der Waals surface area contributed by atoms with Crippen LogP contribution in [0.4, 0.5) is 19.0 Å². The second-order valence-electron chi connectivity index (χ2n) is 4.40. The van der Waals surface area contributed by atoms with Gasteiger partial charge in [0.1, 0.15) is 11.5 Å². The molecule has 1 atom stereocenters. The van der Waals surface area contributed by atoms with E-state index >= 15 is 0 Å². The number of carbonyl (C=O) groups is 1. The Morgan fingerprint density at radius 3 is 2.76 bits per heavy atom. The summed E-state index contributed by atoms with van der Waals surface area (Å²) >= 11 is 3.56. The van der Waals surface area contributed by atoms with Gasteiger partial charge >= 0.3 is 6.18 Å². The van der Waals surface area contributed by atoms with Crippen molar-refractivity contribution in [2.24, 2.45) is 5.73 Å². The van der Waals surface area contributed by atoms with Crippen LogP contribution in [0.1, 0.15) is 16.1 Å². The van der Waals surface area contributed by atoms with Crippen molar-refractivity contribution in [1.82, 2.24) is 4.98 Å². The molecule has 0 bridgehead atoms. The summed E-state index contributed by atoms with van der Waals surface area (Å²) in [5.41, 5.74) is 4.10. The molecule has 1 aliphatic heterocycles. The molecular formula is C12H14F3N3OS2. The highest BCUT2D eigenvalue weighted by Crippen LogP contribution is 2.30. The van der Waals surface area contributed by atoms with Crippen molar-refractivity contribution < 1.29 is 18.0 Å². The number of nitrogens with two attached hydrogens (primary N) is 1. The molecule has 1 aromatic rings. The third kappa shape index (κ3) is 4.44. The van der Waals surface area contributed by atoms with E-state index in [2.05, 4.69) is 10.3 Å². The Kier molecular flexibility index (Phi) is 5.26. The zero-order valence-electron chi connectivity index (χ0n) is 10.9. The minimum atomic E-state index is -4.55. The molecule has 1 unspecified atom stereocenters. The first-order valence-corrected chi connectivity index (χ1v) is 8.39. The predicted octanol–water partition coefficient (Wildman–Crippen LogP) is 2.46. The Morgan fingerprint density at radius 1 is 1.43 bits per heavy atom. The first-order valence-electron chi connectivity index (χ1n) is 6.19. The third-order valence-corrected chi connectivity index (χ3v) is 5.68. The van der Waals surface area contributed by atoms with Gasteiger partial charge in [-0.3, -0.25) is 4.79 Å². The van der Waals surface area contributed by atoms with Gasteiger partial charge in [0.05, 0.1) is 5.56 Å². The van der Waals surface area contributed by atoms with Crippen molar-refractivity contribution in [2.45, 2.75) is 11.4 Å². The van der Waals surface area contributed by atoms with Crippen LogP contribution in [-0.4, -0.2) is 39.9 Å². The Labute approximate surface area is 128 Å². The van der Waals surface area contributed by atoms with Crippen molar-refractivity contribution in [1.29, 1.82) is 0 Å². The summed E-state index contributed by atoms with van der Waals surface area (Å²) in [7, 11) is 0. The minimum absolute atomic E-state index is 0.0311. The number of hydrogen-bond donors (Lipinski definition) is 2. The fourth-order valence-electron chi connectivity index (χ4n) is 1.82. The predicted molar refractivity (Wildman–Crippen MR) is 79.8 cm³/mol. The summed E-state index contributed by atoms with van der Waals surface area (Å²) in [5.74, 6) is 2.10. The van der Waals surface area contributed by atoms with Gasteiger partial charge in [-0.25, -0.2) is 4.98 Å². The fourth-order valence-corrected chi connectivity index (χ4v) is 4.43. The van der Waals surface area contributed by atoms with E-state index < -0.39 is 17.8 Å². The van der Waals surface area contributed by atoms with Crippen molar-refractivity contribution in [3.8, 4) is 0 Å². The number of nitrogens with one attached hydrogen (secondary N) is 1. The smallest absolute Gasteiger partial charge is 0.368 e. The summed E-state index contributed by atoms with van der Waals surface area (Å²) in [5, 5.41) is 3.11.